The molecule has 182 valence electrons. The predicted molar refractivity (Wildman–Crippen MR) is 141 cm³/mol. The number of rotatable bonds is 10. The zero-order valence-electron chi connectivity index (χ0n) is 20.5. The van der Waals surface area contributed by atoms with Crippen LogP contribution in [0.5, 0.6) is 0 Å². The van der Waals surface area contributed by atoms with E-state index in [2.05, 4.69) is 24.5 Å². The van der Waals surface area contributed by atoms with Crippen molar-refractivity contribution in [2.75, 3.05) is 5.75 Å². The largest absolute Gasteiger partial charge is 0.391 e. The summed E-state index contributed by atoms with van der Waals surface area (Å²) < 4.78 is 0. The van der Waals surface area contributed by atoms with Crippen molar-refractivity contribution in [2.24, 2.45) is 17.8 Å². The molecule has 7 heteroatoms. The highest BCUT2D eigenvalue weighted by Crippen LogP contribution is 2.36. The third kappa shape index (κ3) is 7.26. The van der Waals surface area contributed by atoms with Crippen molar-refractivity contribution in [3.63, 3.8) is 0 Å². The number of thioether (sulfide) groups is 1. The maximum absolute atomic E-state index is 13.1. The van der Waals surface area contributed by atoms with Crippen LogP contribution in [-0.2, 0) is 4.79 Å². The second-order valence-electron chi connectivity index (χ2n) is 9.83. The Kier molecular flexibility index (Phi) is 9.90. The molecular weight excluding hydrogens is 443 g/mol. The van der Waals surface area contributed by atoms with Crippen LogP contribution in [0.1, 0.15) is 52.9 Å². The van der Waals surface area contributed by atoms with Crippen LogP contribution in [0.4, 0.5) is 4.79 Å². The lowest BCUT2D eigenvalue weighted by atomic mass is 9.73. The van der Waals surface area contributed by atoms with Crippen LogP contribution in [0.15, 0.2) is 47.4 Å². The summed E-state index contributed by atoms with van der Waals surface area (Å²) in [6, 6.07) is 13.0. The van der Waals surface area contributed by atoms with Gasteiger partial charge in [-0.05, 0) is 53.9 Å². The number of carbonyl (C=O) groups excluding carboxylic acids is 2. The summed E-state index contributed by atoms with van der Waals surface area (Å²) in [6.07, 6.45) is 4.24. The summed E-state index contributed by atoms with van der Waals surface area (Å²) in [5.74, 6) is 1.01. The van der Waals surface area contributed by atoms with Gasteiger partial charge in [-0.2, -0.15) is 0 Å². The minimum Gasteiger partial charge on any atom is -0.391 e. The van der Waals surface area contributed by atoms with E-state index in [0.29, 0.717) is 36.3 Å². The van der Waals surface area contributed by atoms with Crippen molar-refractivity contribution in [1.82, 2.24) is 10.6 Å². The Bertz CT molecular complexity index is 967. The number of benzene rings is 2. The molecule has 0 aromatic heterocycles. The van der Waals surface area contributed by atoms with E-state index in [1.807, 2.05) is 49.4 Å². The van der Waals surface area contributed by atoms with Gasteiger partial charge in [-0.3, -0.25) is 9.59 Å². The molecule has 34 heavy (non-hydrogen) atoms. The number of hydrogen-bond donors (Lipinski definition) is 3. The molecule has 3 unspecified atom stereocenters. The fraction of sp³-hybridized carbons (Fsp3) is 0.556. The van der Waals surface area contributed by atoms with Gasteiger partial charge in [0.2, 0.25) is 13.8 Å². The first-order chi connectivity index (χ1) is 16.3. The molecule has 0 heterocycles. The van der Waals surface area contributed by atoms with Crippen LogP contribution >= 0.6 is 11.8 Å². The average molecular weight is 480 g/mol. The number of carbonyl (C=O) groups is 2. The molecule has 0 aliphatic heterocycles. The Morgan fingerprint density at radius 1 is 1.12 bits per heavy atom. The molecule has 2 radical (unpaired) electrons. The van der Waals surface area contributed by atoms with Crippen LogP contribution < -0.4 is 10.6 Å². The fourth-order valence-electron chi connectivity index (χ4n) is 5.06. The van der Waals surface area contributed by atoms with Crippen molar-refractivity contribution in [3.05, 3.63) is 42.5 Å². The lowest BCUT2D eigenvalue weighted by molar-refractivity contribution is -0.124. The third-order valence-electron chi connectivity index (χ3n) is 7.19. The van der Waals surface area contributed by atoms with Crippen molar-refractivity contribution >= 4 is 42.1 Å². The van der Waals surface area contributed by atoms with Gasteiger partial charge in [0.15, 0.2) is 5.81 Å². The molecule has 0 bridgehead atoms. The quantitative estimate of drug-likeness (QED) is 0.334. The lowest BCUT2D eigenvalue weighted by Crippen LogP contribution is -2.53. The summed E-state index contributed by atoms with van der Waals surface area (Å²) >= 11 is 1.51. The van der Waals surface area contributed by atoms with Crippen LogP contribution in [0, 0.1) is 17.8 Å². The smallest absolute Gasteiger partial charge is 0.243 e. The van der Waals surface area contributed by atoms with Gasteiger partial charge in [-0.15, -0.1) is 11.8 Å². The number of hydrogen-bond acceptors (Lipinski definition) is 4. The van der Waals surface area contributed by atoms with E-state index in [1.165, 1.54) is 24.6 Å². The van der Waals surface area contributed by atoms with Crippen LogP contribution in [0.25, 0.3) is 10.8 Å². The van der Waals surface area contributed by atoms with Gasteiger partial charge in [0.1, 0.15) is 6.04 Å². The maximum Gasteiger partial charge on any atom is 0.243 e. The fourth-order valence-corrected chi connectivity index (χ4v) is 6.15. The molecule has 3 N–H and O–H groups in total. The minimum atomic E-state index is -0.795. The number of amides is 2. The predicted octanol–water partition coefficient (Wildman–Crippen LogP) is 4.90. The van der Waals surface area contributed by atoms with E-state index < -0.39 is 18.0 Å². The Hall–Kier alpha value is -1.99. The van der Waals surface area contributed by atoms with Crippen LogP contribution in [0.3, 0.4) is 0 Å². The monoisotopic (exact) mass is 480 g/mol. The van der Waals surface area contributed by atoms with Gasteiger partial charge in [0.25, 0.3) is 0 Å². The normalized spacial score (nSPS) is 23.1. The molecule has 0 saturated heterocycles. The average Bonchev–Trinajstić information content (AvgIpc) is 2.82. The van der Waals surface area contributed by atoms with E-state index in [4.69, 9.17) is 7.85 Å². The van der Waals surface area contributed by atoms with Crippen molar-refractivity contribution in [3.8, 4) is 0 Å². The van der Waals surface area contributed by atoms with E-state index >= 15 is 0 Å². The molecule has 1 aliphatic carbocycles. The molecule has 5 nitrogen and oxygen atoms in total. The lowest BCUT2D eigenvalue weighted by Gasteiger charge is -2.36. The van der Waals surface area contributed by atoms with Crippen molar-refractivity contribution in [2.45, 2.75) is 76.0 Å². The summed E-state index contributed by atoms with van der Waals surface area (Å²) in [7, 11) is 5.38. The van der Waals surface area contributed by atoms with Gasteiger partial charge in [-0.1, -0.05) is 70.0 Å². The maximum atomic E-state index is 13.1. The number of fused-ring (bicyclic) bond motifs is 1. The van der Waals surface area contributed by atoms with Crippen molar-refractivity contribution in [1.29, 1.82) is 0 Å². The number of aliphatic hydroxyl groups is 1. The molecule has 2 amide bonds. The summed E-state index contributed by atoms with van der Waals surface area (Å²) in [5, 5.41) is 18.8. The standard InChI is InChI=1S/C27H37BN2O3S/c1-4-22(24(31)15-20-14-17(2)12-13-18(20)3)29-26(32)23(30-27(28)33)16-34-25-11-7-9-19-8-5-6-10-21(19)25/h5-11,17-18,20,22-24,31H,4,12-16H2,1-3H3,(H,29,32)(H,30,33)/t17?,18?,20?,22-,23+,24+/m0/s1. The van der Waals surface area contributed by atoms with Gasteiger partial charge < -0.3 is 15.7 Å². The molecule has 0 spiro atoms. The Morgan fingerprint density at radius 2 is 1.85 bits per heavy atom. The zero-order valence-corrected chi connectivity index (χ0v) is 21.3. The number of nitrogens with one attached hydrogen (secondary N) is 2. The highest BCUT2D eigenvalue weighted by molar-refractivity contribution is 7.99. The molecule has 2 aromatic rings. The van der Waals surface area contributed by atoms with E-state index in [1.54, 1.807) is 0 Å². The summed E-state index contributed by atoms with van der Waals surface area (Å²) in [6.45, 7) is 6.50. The van der Waals surface area contributed by atoms with Crippen LogP contribution in [0.2, 0.25) is 0 Å². The van der Waals surface area contributed by atoms with Gasteiger partial charge in [0, 0.05) is 10.6 Å². The van der Waals surface area contributed by atoms with E-state index in [9.17, 15) is 14.7 Å². The SMILES string of the molecule is [B]C(=O)N[C@H](CSc1cccc2ccccc12)C(=O)N[C@@H](CC)[C@H](O)CC1CC(C)CCC1C. The molecule has 3 rings (SSSR count). The van der Waals surface area contributed by atoms with Crippen molar-refractivity contribution < 1.29 is 14.7 Å². The topological polar surface area (TPSA) is 78.4 Å². The molecule has 1 saturated carbocycles. The molecule has 6 atom stereocenters. The Morgan fingerprint density at radius 3 is 2.59 bits per heavy atom. The van der Waals surface area contributed by atoms with Gasteiger partial charge >= 0.3 is 0 Å². The first kappa shape index (κ1) is 26.6. The summed E-state index contributed by atoms with van der Waals surface area (Å²) in [5.41, 5.74) is 0. The Balaban J connectivity index is 1.64. The second-order valence-corrected chi connectivity index (χ2v) is 10.9. The van der Waals surface area contributed by atoms with Gasteiger partial charge in [-0.25, -0.2) is 0 Å². The molecule has 1 aliphatic rings. The molecular formula is C27H37BN2O3S. The highest BCUT2D eigenvalue weighted by atomic mass is 32.2. The first-order valence-electron chi connectivity index (χ1n) is 12.4. The molecule has 1 fully saturated rings. The molecule has 2 aromatic carbocycles. The highest BCUT2D eigenvalue weighted by Gasteiger charge is 2.31. The summed E-state index contributed by atoms with van der Waals surface area (Å²) in [4.78, 5) is 25.8. The van der Waals surface area contributed by atoms with E-state index in [-0.39, 0.29) is 11.9 Å². The zero-order chi connectivity index (χ0) is 24.7. The number of aliphatic hydroxyl groups excluding tert-OH is 1. The van der Waals surface area contributed by atoms with Gasteiger partial charge in [0.05, 0.1) is 12.1 Å². The van der Waals surface area contributed by atoms with Crippen LogP contribution in [-0.4, -0.2) is 48.6 Å². The first-order valence-corrected chi connectivity index (χ1v) is 13.4. The minimum absolute atomic E-state index is 0.317. The van der Waals surface area contributed by atoms with E-state index in [0.717, 1.165) is 22.1 Å². The second kappa shape index (κ2) is 12.6. The third-order valence-corrected chi connectivity index (χ3v) is 8.36. The Labute approximate surface area is 209 Å².